The van der Waals surface area contributed by atoms with Gasteiger partial charge in [-0.3, -0.25) is 0 Å². The Hall–Kier alpha value is -4.88. The second-order valence-corrected chi connectivity index (χ2v) is 10.7. The highest BCUT2D eigenvalue weighted by atomic mass is 16.5. The lowest BCUT2D eigenvalue weighted by Crippen LogP contribution is -2.07. The number of hydrogen-bond donors (Lipinski definition) is 0. The summed E-state index contributed by atoms with van der Waals surface area (Å²) in [6.45, 7) is 0.725. The minimum atomic E-state index is 0.725. The van der Waals surface area contributed by atoms with Crippen molar-refractivity contribution in [1.82, 2.24) is 0 Å². The van der Waals surface area contributed by atoms with Gasteiger partial charge in [-0.15, -0.1) is 0 Å². The zero-order valence-electron chi connectivity index (χ0n) is 22.2. The Morgan fingerprint density at radius 1 is 0.425 bits per heavy atom. The van der Waals surface area contributed by atoms with E-state index in [2.05, 4.69) is 133 Å². The van der Waals surface area contributed by atoms with Crippen LogP contribution in [0.25, 0.3) is 65.7 Å². The molecule has 0 aliphatic carbocycles. The standard InChI is InChI=1S/C39H28O/c1-2-13-27(14-3-1)36-30-18-6-8-20-32(30)38(33-21-9-7-19-31(33)36)34-22-10-15-28-16-11-25-40-39-29-17-5-4-12-26(29)23-24-35(39)37(28)34/h1-10,12-15,17-24H,11,16,25H2. The third kappa shape index (κ3) is 3.55. The molecule has 7 aromatic carbocycles. The summed E-state index contributed by atoms with van der Waals surface area (Å²) in [7, 11) is 0. The van der Waals surface area contributed by atoms with Crippen LogP contribution in [0.2, 0.25) is 0 Å². The minimum absolute atomic E-state index is 0.725. The molecular formula is C39H28O. The van der Waals surface area contributed by atoms with Crippen LogP contribution in [0.3, 0.4) is 0 Å². The Balaban J connectivity index is 1.52. The molecule has 0 saturated carbocycles. The van der Waals surface area contributed by atoms with E-state index in [1.54, 1.807) is 0 Å². The van der Waals surface area contributed by atoms with Crippen LogP contribution in [0.4, 0.5) is 0 Å². The lowest BCUT2D eigenvalue weighted by Gasteiger charge is -2.24. The number of ether oxygens (including phenoxy) is 1. The molecule has 1 nitrogen and oxygen atoms in total. The van der Waals surface area contributed by atoms with E-state index in [1.807, 2.05) is 0 Å². The Bertz CT molecular complexity index is 2000. The van der Waals surface area contributed by atoms with Gasteiger partial charge >= 0.3 is 0 Å². The maximum Gasteiger partial charge on any atom is 0.134 e. The molecule has 0 saturated heterocycles. The zero-order chi connectivity index (χ0) is 26.5. The SMILES string of the molecule is c1ccc(-c2c3ccccc3c(-c3cccc4c3-c3ccc5ccccc5c3OCCC4)c3ccccc23)cc1. The highest BCUT2D eigenvalue weighted by molar-refractivity contribution is 6.22. The van der Waals surface area contributed by atoms with Crippen LogP contribution >= 0.6 is 0 Å². The molecular weight excluding hydrogens is 484 g/mol. The monoisotopic (exact) mass is 512 g/mol. The van der Waals surface area contributed by atoms with Crippen molar-refractivity contribution in [3.63, 3.8) is 0 Å². The number of aryl methyl sites for hydroxylation is 1. The summed E-state index contributed by atoms with van der Waals surface area (Å²) in [4.78, 5) is 0. The van der Waals surface area contributed by atoms with Gasteiger partial charge in [0, 0.05) is 10.9 Å². The third-order valence-electron chi connectivity index (χ3n) is 8.40. The summed E-state index contributed by atoms with van der Waals surface area (Å²) in [5.41, 5.74) is 8.97. The molecule has 8 rings (SSSR count). The zero-order valence-corrected chi connectivity index (χ0v) is 22.2. The van der Waals surface area contributed by atoms with E-state index in [0.29, 0.717) is 0 Å². The van der Waals surface area contributed by atoms with E-state index in [1.165, 1.54) is 71.3 Å². The van der Waals surface area contributed by atoms with E-state index in [4.69, 9.17) is 4.74 Å². The Labute approximate surface area is 234 Å². The van der Waals surface area contributed by atoms with Crippen molar-refractivity contribution in [3.8, 4) is 39.1 Å². The molecule has 40 heavy (non-hydrogen) atoms. The lowest BCUT2D eigenvalue weighted by molar-refractivity contribution is 0.314. The summed E-state index contributed by atoms with van der Waals surface area (Å²) < 4.78 is 6.54. The first kappa shape index (κ1) is 23.0. The van der Waals surface area contributed by atoms with Crippen molar-refractivity contribution in [2.24, 2.45) is 0 Å². The van der Waals surface area contributed by atoms with Gasteiger partial charge in [0.05, 0.1) is 6.61 Å². The number of hydrogen-bond acceptors (Lipinski definition) is 1. The summed E-state index contributed by atoms with van der Waals surface area (Å²) in [6.07, 6.45) is 1.99. The van der Waals surface area contributed by atoms with E-state index >= 15 is 0 Å². The molecule has 0 N–H and O–H groups in total. The quantitative estimate of drug-likeness (QED) is 0.209. The summed E-state index contributed by atoms with van der Waals surface area (Å²) >= 11 is 0. The Morgan fingerprint density at radius 3 is 1.77 bits per heavy atom. The van der Waals surface area contributed by atoms with Gasteiger partial charge in [0.1, 0.15) is 5.75 Å². The predicted octanol–water partition coefficient (Wildman–Crippen LogP) is 10.5. The molecule has 0 unspecified atom stereocenters. The van der Waals surface area contributed by atoms with Gasteiger partial charge in [0.2, 0.25) is 0 Å². The van der Waals surface area contributed by atoms with Crippen molar-refractivity contribution in [3.05, 3.63) is 139 Å². The molecule has 0 radical (unpaired) electrons. The van der Waals surface area contributed by atoms with Gasteiger partial charge in [-0.25, -0.2) is 0 Å². The van der Waals surface area contributed by atoms with Gasteiger partial charge < -0.3 is 4.74 Å². The van der Waals surface area contributed by atoms with E-state index in [0.717, 1.165) is 25.2 Å². The van der Waals surface area contributed by atoms with Crippen LogP contribution in [-0.4, -0.2) is 6.61 Å². The van der Waals surface area contributed by atoms with Crippen LogP contribution in [0.5, 0.6) is 5.75 Å². The molecule has 0 fully saturated rings. The third-order valence-corrected chi connectivity index (χ3v) is 8.40. The Kier molecular flexibility index (Phi) is 5.41. The topological polar surface area (TPSA) is 9.23 Å². The molecule has 0 bridgehead atoms. The van der Waals surface area contributed by atoms with Crippen LogP contribution < -0.4 is 4.74 Å². The second kappa shape index (κ2) is 9.39. The smallest absolute Gasteiger partial charge is 0.134 e. The molecule has 1 aliphatic rings. The van der Waals surface area contributed by atoms with E-state index < -0.39 is 0 Å². The summed E-state index contributed by atoms with van der Waals surface area (Å²) in [5.74, 6) is 1.00. The fourth-order valence-electron chi connectivity index (χ4n) is 6.70. The van der Waals surface area contributed by atoms with Gasteiger partial charge in [-0.1, -0.05) is 127 Å². The highest BCUT2D eigenvalue weighted by Crippen LogP contribution is 2.49. The fraction of sp³-hybridized carbons (Fsp3) is 0.0769. The first-order valence-electron chi connectivity index (χ1n) is 14.1. The average molecular weight is 513 g/mol. The predicted molar refractivity (Wildman–Crippen MR) is 169 cm³/mol. The number of benzene rings is 7. The second-order valence-electron chi connectivity index (χ2n) is 10.7. The molecule has 0 spiro atoms. The molecule has 1 heteroatoms. The maximum atomic E-state index is 6.54. The molecule has 1 aliphatic heterocycles. The van der Waals surface area contributed by atoms with Crippen molar-refractivity contribution in [1.29, 1.82) is 0 Å². The van der Waals surface area contributed by atoms with Crippen LogP contribution in [0.1, 0.15) is 12.0 Å². The van der Waals surface area contributed by atoms with Crippen molar-refractivity contribution in [2.45, 2.75) is 12.8 Å². The van der Waals surface area contributed by atoms with Crippen molar-refractivity contribution >= 4 is 32.3 Å². The van der Waals surface area contributed by atoms with Gasteiger partial charge in [-0.2, -0.15) is 0 Å². The maximum absolute atomic E-state index is 6.54. The van der Waals surface area contributed by atoms with Crippen molar-refractivity contribution < 1.29 is 4.74 Å². The highest BCUT2D eigenvalue weighted by Gasteiger charge is 2.23. The van der Waals surface area contributed by atoms with Gasteiger partial charge in [0.25, 0.3) is 0 Å². The molecule has 0 amide bonds. The molecule has 0 atom stereocenters. The van der Waals surface area contributed by atoms with Crippen LogP contribution in [0.15, 0.2) is 133 Å². The first-order chi connectivity index (χ1) is 19.9. The normalized spacial score (nSPS) is 12.9. The van der Waals surface area contributed by atoms with Gasteiger partial charge in [-0.05, 0) is 79.2 Å². The molecule has 190 valence electrons. The summed E-state index contributed by atoms with van der Waals surface area (Å²) in [6, 6.07) is 48.6. The number of fused-ring (bicyclic) bond motifs is 7. The van der Waals surface area contributed by atoms with Crippen LogP contribution in [0, 0.1) is 0 Å². The van der Waals surface area contributed by atoms with Crippen LogP contribution in [-0.2, 0) is 6.42 Å². The number of rotatable bonds is 2. The molecule has 1 heterocycles. The molecule has 7 aromatic rings. The van der Waals surface area contributed by atoms with E-state index in [9.17, 15) is 0 Å². The van der Waals surface area contributed by atoms with E-state index in [-0.39, 0.29) is 0 Å². The largest absolute Gasteiger partial charge is 0.492 e. The summed E-state index contributed by atoms with van der Waals surface area (Å²) in [5, 5.41) is 7.50. The Morgan fingerprint density at radius 2 is 1.05 bits per heavy atom. The molecule has 0 aromatic heterocycles. The van der Waals surface area contributed by atoms with Crippen molar-refractivity contribution in [2.75, 3.05) is 6.61 Å². The van der Waals surface area contributed by atoms with Gasteiger partial charge in [0.15, 0.2) is 0 Å². The minimum Gasteiger partial charge on any atom is -0.492 e. The fourth-order valence-corrected chi connectivity index (χ4v) is 6.70. The lowest BCUT2D eigenvalue weighted by atomic mass is 9.81. The first-order valence-corrected chi connectivity index (χ1v) is 14.1. The average Bonchev–Trinajstić information content (AvgIpc) is 3.01.